The first kappa shape index (κ1) is 21.2. The van der Waals surface area contributed by atoms with Crippen LogP contribution in [0.1, 0.15) is 25.5 Å². The number of hydrogen-bond acceptors (Lipinski definition) is 5. The Balaban J connectivity index is 1.54. The number of carboxylic acids is 1. The number of aryl methyl sites for hydroxylation is 1. The summed E-state index contributed by atoms with van der Waals surface area (Å²) in [6, 6.07) is 10.7. The molecule has 8 nitrogen and oxygen atoms in total. The molecule has 4 atom stereocenters. The maximum absolute atomic E-state index is 13.3. The van der Waals surface area contributed by atoms with Crippen LogP contribution < -0.4 is 15.2 Å². The molecule has 1 aromatic heterocycles. The van der Waals surface area contributed by atoms with Crippen LogP contribution in [0.15, 0.2) is 54.9 Å². The molecule has 3 heterocycles. The van der Waals surface area contributed by atoms with Crippen molar-refractivity contribution in [1.82, 2.24) is 10.2 Å². The largest absolute Gasteiger partial charge is 0.480 e. The molecule has 3 unspecified atom stereocenters. The second kappa shape index (κ2) is 7.88. The number of carbonyl (C=O) groups is 3. The van der Waals surface area contributed by atoms with Gasteiger partial charge < -0.3 is 20.6 Å². The summed E-state index contributed by atoms with van der Waals surface area (Å²) in [5.41, 5.74) is 1.53. The monoisotopic (exact) mass is 441 g/mol. The van der Waals surface area contributed by atoms with Gasteiger partial charge in [-0.05, 0) is 19.4 Å². The summed E-state index contributed by atoms with van der Waals surface area (Å²) in [7, 11) is 1.91. The Labute approximate surface area is 184 Å². The summed E-state index contributed by atoms with van der Waals surface area (Å²) in [4.78, 5) is 39.1. The van der Waals surface area contributed by atoms with Gasteiger partial charge in [0.25, 0.3) is 0 Å². The van der Waals surface area contributed by atoms with Gasteiger partial charge in [0.15, 0.2) is 12.4 Å². The number of thioether (sulfide) groups is 1. The van der Waals surface area contributed by atoms with E-state index in [0.717, 1.165) is 11.3 Å². The van der Waals surface area contributed by atoms with Crippen LogP contribution in [0.4, 0.5) is 5.69 Å². The maximum Gasteiger partial charge on any atom is 0.327 e. The van der Waals surface area contributed by atoms with Crippen LogP contribution in [0.5, 0.6) is 0 Å². The number of β-lactam (4-membered cyclic amide) rings is 1. The average Bonchev–Trinajstić information content (AvgIpc) is 3.00. The normalized spacial score (nSPS) is 24.7. The fourth-order valence-electron chi connectivity index (χ4n) is 4.09. The van der Waals surface area contributed by atoms with Gasteiger partial charge in [0.1, 0.15) is 30.5 Å². The van der Waals surface area contributed by atoms with Crippen molar-refractivity contribution in [2.75, 3.05) is 5.32 Å². The van der Waals surface area contributed by atoms with E-state index in [2.05, 4.69) is 10.6 Å². The summed E-state index contributed by atoms with van der Waals surface area (Å²) in [6.07, 6.45) is 3.75. The summed E-state index contributed by atoms with van der Waals surface area (Å²) < 4.78 is 1.25. The zero-order valence-corrected chi connectivity index (χ0v) is 18.3. The number of pyridine rings is 1. The fraction of sp³-hybridized carbons (Fsp3) is 0.364. The quantitative estimate of drug-likeness (QED) is 0.461. The second-order valence-corrected chi connectivity index (χ2v) is 10.1. The van der Waals surface area contributed by atoms with E-state index in [4.69, 9.17) is 0 Å². The minimum absolute atomic E-state index is 0.338. The highest BCUT2D eigenvalue weighted by atomic mass is 32.2. The average molecular weight is 442 g/mol. The van der Waals surface area contributed by atoms with Crippen molar-refractivity contribution in [3.63, 3.8) is 0 Å². The van der Waals surface area contributed by atoms with E-state index < -0.39 is 28.8 Å². The third-order valence-electron chi connectivity index (χ3n) is 5.66. The van der Waals surface area contributed by atoms with Crippen molar-refractivity contribution in [1.29, 1.82) is 0 Å². The van der Waals surface area contributed by atoms with E-state index in [1.807, 2.05) is 80.3 Å². The molecule has 2 aliphatic heterocycles. The number of hydrogen-bond donors (Lipinski definition) is 3. The molecule has 162 valence electrons. The Morgan fingerprint density at radius 1 is 1.16 bits per heavy atom. The molecule has 0 bridgehead atoms. The van der Waals surface area contributed by atoms with Gasteiger partial charge in [-0.1, -0.05) is 30.3 Å². The number of aliphatic carboxylic acids is 1. The number of carboxylic acid groups (broad SMARTS) is 1. The number of aromatic nitrogens is 1. The Hall–Kier alpha value is -3.07. The van der Waals surface area contributed by atoms with Gasteiger partial charge in [-0.2, -0.15) is 0 Å². The van der Waals surface area contributed by atoms with Gasteiger partial charge in [0.05, 0.1) is 0 Å². The third-order valence-corrected chi connectivity index (χ3v) is 7.23. The molecule has 3 N–H and O–H groups in total. The van der Waals surface area contributed by atoms with Gasteiger partial charge in [0, 0.05) is 22.6 Å². The SMILES string of the molecule is C[n+]1ccc(NC(C(=O)NC2C(=O)N3C2SC(C)(C)[C@@H]3C(=O)O)c2ccccc2)cc1. The lowest BCUT2D eigenvalue weighted by atomic mass is 9.95. The Bertz CT molecular complexity index is 1010. The highest BCUT2D eigenvalue weighted by molar-refractivity contribution is 8.01. The van der Waals surface area contributed by atoms with E-state index >= 15 is 0 Å². The van der Waals surface area contributed by atoms with Crippen LogP contribution in [0, 0.1) is 0 Å². The minimum Gasteiger partial charge on any atom is -0.480 e. The van der Waals surface area contributed by atoms with Crippen molar-refractivity contribution >= 4 is 35.2 Å². The number of nitrogens with zero attached hydrogens (tertiary/aromatic N) is 2. The predicted molar refractivity (Wildman–Crippen MR) is 116 cm³/mol. The van der Waals surface area contributed by atoms with E-state index in [-0.39, 0.29) is 17.2 Å². The van der Waals surface area contributed by atoms with Crippen LogP contribution in [0.25, 0.3) is 0 Å². The third kappa shape index (κ3) is 3.85. The lowest BCUT2D eigenvalue weighted by Crippen LogP contribution is -2.71. The van der Waals surface area contributed by atoms with Gasteiger partial charge in [-0.3, -0.25) is 9.59 Å². The van der Waals surface area contributed by atoms with E-state index in [1.54, 1.807) is 0 Å². The molecule has 0 radical (unpaired) electrons. The van der Waals surface area contributed by atoms with Gasteiger partial charge in [-0.25, -0.2) is 9.36 Å². The number of rotatable bonds is 6. The molecule has 1 aromatic carbocycles. The Morgan fingerprint density at radius 2 is 1.81 bits per heavy atom. The van der Waals surface area contributed by atoms with Crippen molar-refractivity contribution in [2.45, 2.75) is 42.1 Å². The fourth-order valence-corrected chi connectivity index (χ4v) is 5.72. The number of fused-ring (bicyclic) bond motifs is 1. The summed E-state index contributed by atoms with van der Waals surface area (Å²) in [6.45, 7) is 3.62. The van der Waals surface area contributed by atoms with Gasteiger partial charge >= 0.3 is 5.97 Å². The molecular formula is C22H25N4O4S+. The van der Waals surface area contributed by atoms with Crippen LogP contribution in [-0.2, 0) is 21.4 Å². The van der Waals surface area contributed by atoms with E-state index in [0.29, 0.717) is 0 Å². The number of amides is 2. The number of benzene rings is 1. The molecule has 2 aromatic rings. The molecule has 2 fully saturated rings. The number of nitrogens with one attached hydrogen (secondary N) is 2. The number of carbonyl (C=O) groups excluding carboxylic acids is 2. The molecule has 2 amide bonds. The maximum atomic E-state index is 13.3. The number of anilines is 1. The lowest BCUT2D eigenvalue weighted by Gasteiger charge is -2.44. The molecular weight excluding hydrogens is 416 g/mol. The smallest absolute Gasteiger partial charge is 0.327 e. The predicted octanol–water partition coefficient (Wildman–Crippen LogP) is 1.30. The van der Waals surface area contributed by atoms with Crippen LogP contribution in [-0.4, -0.2) is 50.0 Å². The highest BCUT2D eigenvalue weighted by Gasteiger charge is 2.64. The van der Waals surface area contributed by atoms with E-state index in [1.165, 1.54) is 16.7 Å². The second-order valence-electron chi connectivity index (χ2n) is 8.32. The Morgan fingerprint density at radius 3 is 2.42 bits per heavy atom. The van der Waals surface area contributed by atoms with Crippen molar-refractivity contribution in [3.05, 3.63) is 60.4 Å². The summed E-state index contributed by atoms with van der Waals surface area (Å²) in [5, 5.41) is 15.3. The Kier molecular flexibility index (Phi) is 5.38. The van der Waals surface area contributed by atoms with Crippen LogP contribution in [0.3, 0.4) is 0 Å². The standard InChI is InChI=1S/C22H24N4O4S/c1-22(2)17(21(29)30)26-19(28)16(20(26)31-22)24-18(27)15(13-7-5-4-6-8-13)23-14-9-11-25(3)12-10-14/h4-12,15-17,20H,1-3H3,(H2,24,27,29,30)/p+1/t15?,16?,17-,20?/m0/s1. The first-order chi connectivity index (χ1) is 14.7. The zero-order valence-electron chi connectivity index (χ0n) is 17.5. The van der Waals surface area contributed by atoms with Gasteiger partial charge in [0.2, 0.25) is 11.8 Å². The van der Waals surface area contributed by atoms with Crippen LogP contribution in [0.2, 0.25) is 0 Å². The van der Waals surface area contributed by atoms with Crippen LogP contribution >= 0.6 is 11.8 Å². The van der Waals surface area contributed by atoms with Crippen molar-refractivity contribution < 1.29 is 24.1 Å². The molecule has 31 heavy (non-hydrogen) atoms. The molecule has 4 rings (SSSR count). The molecule has 2 saturated heterocycles. The highest BCUT2D eigenvalue weighted by Crippen LogP contribution is 2.50. The van der Waals surface area contributed by atoms with Crippen molar-refractivity contribution in [2.24, 2.45) is 7.05 Å². The topological polar surface area (TPSA) is 103 Å². The lowest BCUT2D eigenvalue weighted by molar-refractivity contribution is -0.671. The molecule has 0 spiro atoms. The molecule has 9 heteroatoms. The summed E-state index contributed by atoms with van der Waals surface area (Å²) >= 11 is 1.41. The first-order valence-corrected chi connectivity index (χ1v) is 10.9. The van der Waals surface area contributed by atoms with Crippen molar-refractivity contribution in [3.8, 4) is 0 Å². The molecule has 0 saturated carbocycles. The molecule has 2 aliphatic rings. The zero-order chi connectivity index (χ0) is 22.3. The van der Waals surface area contributed by atoms with Gasteiger partial charge in [-0.15, -0.1) is 11.8 Å². The minimum atomic E-state index is -1.03. The van der Waals surface area contributed by atoms with E-state index in [9.17, 15) is 19.5 Å². The summed E-state index contributed by atoms with van der Waals surface area (Å²) in [5.74, 6) is -1.73. The molecule has 0 aliphatic carbocycles. The first-order valence-electron chi connectivity index (χ1n) is 9.99.